The summed E-state index contributed by atoms with van der Waals surface area (Å²) in [7, 11) is 3.12. The first-order valence-corrected chi connectivity index (χ1v) is 10.2. The molecule has 0 fully saturated rings. The van der Waals surface area contributed by atoms with E-state index in [1.54, 1.807) is 20.3 Å². The number of carbonyl (C=O) groups is 1. The molecule has 1 heterocycles. The van der Waals surface area contributed by atoms with Crippen LogP contribution in [-0.2, 0) is 6.61 Å². The van der Waals surface area contributed by atoms with Crippen LogP contribution < -0.4 is 25.0 Å². The fourth-order valence-electron chi connectivity index (χ4n) is 3.25. The third kappa shape index (κ3) is 5.49. The van der Waals surface area contributed by atoms with Crippen LogP contribution >= 0.6 is 0 Å². The maximum absolute atomic E-state index is 12.8. The summed E-state index contributed by atoms with van der Waals surface area (Å²) in [5.74, 6) is 0.694. The van der Waals surface area contributed by atoms with Crippen molar-refractivity contribution in [2.24, 2.45) is 5.92 Å². The molecule has 1 atom stereocenters. The minimum absolute atomic E-state index is 0.0469. The molecule has 0 saturated carbocycles. The van der Waals surface area contributed by atoms with Gasteiger partial charge in [-0.25, -0.2) is 0 Å². The minimum Gasteiger partial charge on any atom is -0.493 e. The number of benzene rings is 2. The van der Waals surface area contributed by atoms with Gasteiger partial charge in [-0.1, -0.05) is 50.2 Å². The number of hydrogen-bond donors (Lipinski definition) is 1. The van der Waals surface area contributed by atoms with Crippen LogP contribution in [0.15, 0.2) is 70.1 Å². The molecule has 32 heavy (non-hydrogen) atoms. The van der Waals surface area contributed by atoms with Crippen LogP contribution in [0.25, 0.3) is 0 Å². The highest BCUT2D eigenvalue weighted by molar-refractivity contribution is 5.91. The Labute approximate surface area is 186 Å². The van der Waals surface area contributed by atoms with Gasteiger partial charge < -0.3 is 23.9 Å². The predicted molar refractivity (Wildman–Crippen MR) is 120 cm³/mol. The molecule has 0 radical (unpaired) electrons. The highest BCUT2D eigenvalue weighted by atomic mass is 16.5. The fourth-order valence-corrected chi connectivity index (χ4v) is 3.25. The van der Waals surface area contributed by atoms with E-state index in [2.05, 4.69) is 5.32 Å². The maximum Gasteiger partial charge on any atom is 0.287 e. The molecule has 0 spiro atoms. The molecule has 0 aliphatic carbocycles. The molecule has 0 aliphatic rings. The SMILES string of the molecule is COc1ccc([C@@H](NC(=O)c2cc(=O)c(OCc3ccccc3)co2)C(C)C)cc1OC. The lowest BCUT2D eigenvalue weighted by molar-refractivity contribution is 0.0893. The van der Waals surface area contributed by atoms with E-state index in [1.807, 2.05) is 56.3 Å². The number of methoxy groups -OCH3 is 2. The Morgan fingerprint density at radius 1 is 0.969 bits per heavy atom. The van der Waals surface area contributed by atoms with Crippen LogP contribution in [0.4, 0.5) is 0 Å². The summed E-state index contributed by atoms with van der Waals surface area (Å²) in [5.41, 5.74) is 1.34. The van der Waals surface area contributed by atoms with E-state index in [9.17, 15) is 9.59 Å². The van der Waals surface area contributed by atoms with Crippen LogP contribution in [0.3, 0.4) is 0 Å². The second kappa shape index (κ2) is 10.5. The summed E-state index contributed by atoms with van der Waals surface area (Å²) in [6.07, 6.45) is 1.17. The predicted octanol–water partition coefficient (Wildman–Crippen LogP) is 4.36. The van der Waals surface area contributed by atoms with E-state index in [0.29, 0.717) is 11.5 Å². The first-order chi connectivity index (χ1) is 15.4. The zero-order valence-corrected chi connectivity index (χ0v) is 18.6. The summed E-state index contributed by atoms with van der Waals surface area (Å²) in [6.45, 7) is 4.20. The third-order valence-electron chi connectivity index (χ3n) is 4.98. The van der Waals surface area contributed by atoms with Crippen molar-refractivity contribution in [3.8, 4) is 17.2 Å². The van der Waals surface area contributed by atoms with E-state index >= 15 is 0 Å². The zero-order chi connectivity index (χ0) is 23.1. The molecule has 1 N–H and O–H groups in total. The van der Waals surface area contributed by atoms with E-state index in [4.69, 9.17) is 18.6 Å². The van der Waals surface area contributed by atoms with Gasteiger partial charge in [0.2, 0.25) is 11.2 Å². The van der Waals surface area contributed by atoms with Gasteiger partial charge in [0, 0.05) is 6.07 Å². The lowest BCUT2D eigenvalue weighted by Gasteiger charge is -2.23. The number of carbonyl (C=O) groups excluding carboxylic acids is 1. The number of rotatable bonds is 9. The topological polar surface area (TPSA) is 87.0 Å². The Bertz CT molecular complexity index is 1110. The standard InChI is InChI=1S/C25H27NO6/c1-16(2)24(18-10-11-20(29-3)21(12-18)30-4)26-25(28)22-13-19(27)23(15-32-22)31-14-17-8-6-5-7-9-17/h5-13,15-16,24H,14H2,1-4H3,(H,26,28)/t24-/m0/s1. The fraction of sp³-hybridized carbons (Fsp3) is 0.280. The second-order valence-electron chi connectivity index (χ2n) is 7.56. The van der Waals surface area contributed by atoms with E-state index in [-0.39, 0.29) is 30.1 Å². The van der Waals surface area contributed by atoms with E-state index in [0.717, 1.165) is 17.2 Å². The molecule has 0 saturated heterocycles. The smallest absolute Gasteiger partial charge is 0.287 e. The molecule has 0 aliphatic heterocycles. The minimum atomic E-state index is -0.495. The molecule has 7 nitrogen and oxygen atoms in total. The highest BCUT2D eigenvalue weighted by Crippen LogP contribution is 2.32. The maximum atomic E-state index is 12.8. The second-order valence-corrected chi connectivity index (χ2v) is 7.56. The van der Waals surface area contributed by atoms with Crippen molar-refractivity contribution in [2.75, 3.05) is 14.2 Å². The monoisotopic (exact) mass is 437 g/mol. The van der Waals surface area contributed by atoms with Crippen LogP contribution in [-0.4, -0.2) is 20.1 Å². The molecule has 3 rings (SSSR count). The van der Waals surface area contributed by atoms with Gasteiger partial charge in [-0.05, 0) is 29.2 Å². The van der Waals surface area contributed by atoms with Crippen LogP contribution in [0.1, 0.15) is 41.6 Å². The van der Waals surface area contributed by atoms with Crippen molar-refractivity contribution in [3.63, 3.8) is 0 Å². The van der Waals surface area contributed by atoms with Crippen LogP contribution in [0.2, 0.25) is 0 Å². The molecule has 0 bridgehead atoms. The Morgan fingerprint density at radius 3 is 2.31 bits per heavy atom. The number of ether oxygens (including phenoxy) is 3. The molecule has 7 heteroatoms. The Morgan fingerprint density at radius 2 is 1.69 bits per heavy atom. The van der Waals surface area contributed by atoms with Crippen molar-refractivity contribution in [2.45, 2.75) is 26.5 Å². The van der Waals surface area contributed by atoms with Gasteiger partial charge in [0.1, 0.15) is 12.9 Å². The van der Waals surface area contributed by atoms with E-state index in [1.165, 1.54) is 6.26 Å². The van der Waals surface area contributed by atoms with Crippen molar-refractivity contribution in [1.29, 1.82) is 0 Å². The first kappa shape index (κ1) is 22.9. The summed E-state index contributed by atoms with van der Waals surface area (Å²) in [6, 6.07) is 15.7. The molecular weight excluding hydrogens is 410 g/mol. The van der Waals surface area contributed by atoms with Crippen LogP contribution in [0, 0.1) is 5.92 Å². The molecule has 3 aromatic rings. The Balaban J connectivity index is 1.74. The Hall–Kier alpha value is -3.74. The number of nitrogens with one attached hydrogen (secondary N) is 1. The number of hydrogen-bond acceptors (Lipinski definition) is 6. The lowest BCUT2D eigenvalue weighted by Crippen LogP contribution is -2.32. The van der Waals surface area contributed by atoms with Crippen molar-refractivity contribution in [1.82, 2.24) is 5.32 Å². The van der Waals surface area contributed by atoms with E-state index < -0.39 is 11.3 Å². The summed E-state index contributed by atoms with van der Waals surface area (Å²) in [4.78, 5) is 25.2. The molecule has 1 aromatic heterocycles. The summed E-state index contributed by atoms with van der Waals surface area (Å²) in [5, 5.41) is 2.93. The first-order valence-electron chi connectivity index (χ1n) is 10.2. The lowest BCUT2D eigenvalue weighted by atomic mass is 9.95. The van der Waals surface area contributed by atoms with Crippen molar-refractivity contribution in [3.05, 3.63) is 88.0 Å². The average molecular weight is 437 g/mol. The van der Waals surface area contributed by atoms with Crippen LogP contribution in [0.5, 0.6) is 17.2 Å². The van der Waals surface area contributed by atoms with Crippen molar-refractivity contribution >= 4 is 5.91 Å². The van der Waals surface area contributed by atoms with Gasteiger partial charge in [-0.3, -0.25) is 9.59 Å². The zero-order valence-electron chi connectivity index (χ0n) is 18.6. The Kier molecular flexibility index (Phi) is 7.54. The van der Waals surface area contributed by atoms with Gasteiger partial charge in [0.05, 0.1) is 20.3 Å². The van der Waals surface area contributed by atoms with Crippen molar-refractivity contribution < 1.29 is 23.4 Å². The number of amides is 1. The van der Waals surface area contributed by atoms with Gasteiger partial charge in [0.15, 0.2) is 17.3 Å². The van der Waals surface area contributed by atoms with Gasteiger partial charge in [-0.15, -0.1) is 0 Å². The third-order valence-corrected chi connectivity index (χ3v) is 4.98. The highest BCUT2D eigenvalue weighted by Gasteiger charge is 2.22. The molecule has 0 unspecified atom stereocenters. The quantitative estimate of drug-likeness (QED) is 0.535. The molecular formula is C25H27NO6. The average Bonchev–Trinajstić information content (AvgIpc) is 2.81. The van der Waals surface area contributed by atoms with Gasteiger partial charge in [0.25, 0.3) is 5.91 Å². The normalized spacial score (nSPS) is 11.7. The summed E-state index contributed by atoms with van der Waals surface area (Å²) >= 11 is 0. The molecule has 1 amide bonds. The molecule has 168 valence electrons. The summed E-state index contributed by atoms with van der Waals surface area (Å²) < 4.78 is 21.6. The largest absolute Gasteiger partial charge is 0.493 e. The molecule has 2 aromatic carbocycles. The van der Waals surface area contributed by atoms with Gasteiger partial charge in [-0.2, -0.15) is 0 Å². The van der Waals surface area contributed by atoms with Gasteiger partial charge >= 0.3 is 0 Å².